The molecule has 1 aliphatic heterocycles. The van der Waals surface area contributed by atoms with Crippen molar-refractivity contribution < 1.29 is 31.5 Å². The lowest BCUT2D eigenvalue weighted by atomic mass is 9.80. The van der Waals surface area contributed by atoms with Crippen LogP contribution < -0.4 is 5.32 Å². The van der Waals surface area contributed by atoms with Gasteiger partial charge in [-0.1, -0.05) is 38.4 Å². The molecule has 9 nitrogen and oxygen atoms in total. The van der Waals surface area contributed by atoms with Crippen molar-refractivity contribution >= 4 is 53.1 Å². The highest BCUT2D eigenvalue weighted by Gasteiger charge is 2.40. The second-order valence-corrected chi connectivity index (χ2v) is 20.7. The Kier molecular flexibility index (Phi) is 10.4. The van der Waals surface area contributed by atoms with Gasteiger partial charge in [-0.25, -0.2) is 27.0 Å². The number of carboxylic acid groups (broad SMARTS) is 1. The van der Waals surface area contributed by atoms with Gasteiger partial charge >= 0.3 is 5.97 Å². The van der Waals surface area contributed by atoms with E-state index < -0.39 is 47.0 Å². The van der Waals surface area contributed by atoms with E-state index >= 15 is 0 Å². The minimum atomic E-state index is -3.54. The minimum Gasteiger partial charge on any atom is -0.478 e. The van der Waals surface area contributed by atoms with Crippen LogP contribution in [0.1, 0.15) is 63.1 Å². The highest BCUT2D eigenvalue weighted by Crippen LogP contribution is 2.42. The third kappa shape index (κ3) is 7.42. The van der Waals surface area contributed by atoms with Gasteiger partial charge in [-0.2, -0.15) is 4.31 Å². The fourth-order valence-corrected chi connectivity index (χ4v) is 8.46. The molecule has 1 fully saturated rings. The summed E-state index contributed by atoms with van der Waals surface area (Å²) >= 11 is 7.48. The highest BCUT2D eigenvalue weighted by atomic mass is 35.5. The molecule has 242 valence electrons. The predicted octanol–water partition coefficient (Wildman–Crippen LogP) is 6.35. The number of carboxylic acids is 1. The molecule has 0 radical (unpaired) electrons. The third-order valence-electron chi connectivity index (χ3n) is 8.82. The van der Waals surface area contributed by atoms with E-state index in [1.807, 2.05) is 0 Å². The molecule has 2 aliphatic rings. The van der Waals surface area contributed by atoms with E-state index in [4.69, 9.17) is 16.0 Å². The van der Waals surface area contributed by atoms with Crippen LogP contribution >= 0.6 is 22.9 Å². The fraction of sp³-hybridized carbons (Fsp3) is 0.552. The molecule has 0 saturated heterocycles. The number of nitrogens with zero attached hydrogens (tertiary/aromatic N) is 3. The molecule has 0 spiro atoms. The Morgan fingerprint density at radius 2 is 1.89 bits per heavy atom. The third-order valence-corrected chi connectivity index (χ3v) is 15.9. The van der Waals surface area contributed by atoms with Crippen LogP contribution in [0.3, 0.4) is 0 Å². The van der Waals surface area contributed by atoms with Crippen LogP contribution in [-0.2, 0) is 19.2 Å². The zero-order chi connectivity index (χ0) is 32.6. The number of halogens is 3. The molecular formula is C29H39ClF2N4O5S2Si. The lowest BCUT2D eigenvalue weighted by Gasteiger charge is -2.39. The van der Waals surface area contributed by atoms with Crippen molar-refractivity contribution in [3.8, 4) is 0 Å². The summed E-state index contributed by atoms with van der Waals surface area (Å²) in [5, 5.41) is 15.3. The van der Waals surface area contributed by atoms with Crippen LogP contribution in [0, 0.1) is 17.6 Å². The molecule has 4 rings (SSSR count). The topological polar surface area (TPSA) is 121 Å². The molecule has 2 heterocycles. The quantitative estimate of drug-likeness (QED) is 0.221. The molecule has 1 saturated carbocycles. The summed E-state index contributed by atoms with van der Waals surface area (Å²) in [7, 11) is -5.61. The molecule has 2 N–H and O–H groups in total. The van der Waals surface area contributed by atoms with E-state index in [-0.39, 0.29) is 34.7 Å². The molecule has 1 aromatic heterocycles. The maximum atomic E-state index is 14.5. The van der Waals surface area contributed by atoms with E-state index in [2.05, 4.69) is 49.2 Å². The monoisotopic (exact) mass is 688 g/mol. The minimum absolute atomic E-state index is 0.00783. The van der Waals surface area contributed by atoms with E-state index in [0.717, 1.165) is 6.07 Å². The van der Waals surface area contributed by atoms with Crippen LogP contribution in [0.4, 0.5) is 8.78 Å². The number of amidine groups is 1. The Morgan fingerprint density at radius 1 is 1.23 bits per heavy atom. The predicted molar refractivity (Wildman–Crippen MR) is 171 cm³/mol. The SMILES string of the molecule is CC(C)(C)[Si](C)(C)OCCN(C1CCC(C2=C(C(=O)O)C(c3ccc(F)c(F)c3Cl)N=C(c3nccs3)N2)CC1)S(C)(=O)=O. The van der Waals surface area contributed by atoms with Crippen LogP contribution in [0.15, 0.2) is 40.0 Å². The van der Waals surface area contributed by atoms with Crippen LogP contribution in [0.5, 0.6) is 0 Å². The second kappa shape index (κ2) is 13.2. The van der Waals surface area contributed by atoms with E-state index in [9.17, 15) is 27.1 Å². The molecule has 2 aromatic rings. The van der Waals surface area contributed by atoms with E-state index in [0.29, 0.717) is 48.8 Å². The first-order chi connectivity index (χ1) is 20.4. The number of aliphatic carboxylic acids is 1. The van der Waals surface area contributed by atoms with Crippen LogP contribution in [0.2, 0.25) is 23.2 Å². The molecule has 0 amide bonds. The normalized spacial score (nSPS) is 21.8. The number of rotatable bonds is 10. The lowest BCUT2D eigenvalue weighted by molar-refractivity contribution is -0.133. The first-order valence-electron chi connectivity index (χ1n) is 14.4. The summed E-state index contributed by atoms with van der Waals surface area (Å²) in [6, 6.07) is 0.650. The zero-order valence-corrected chi connectivity index (χ0v) is 29.0. The molecule has 15 heteroatoms. The fourth-order valence-electron chi connectivity index (χ4n) is 5.43. The number of allylic oxidation sites excluding steroid dienone is 1. The molecule has 1 aromatic carbocycles. The van der Waals surface area contributed by atoms with Gasteiger partial charge in [0.05, 0.1) is 16.9 Å². The second-order valence-electron chi connectivity index (χ2n) is 12.7. The van der Waals surface area contributed by atoms with Gasteiger partial charge in [0, 0.05) is 42.0 Å². The standard InChI is InChI=1S/C29H39ClF2N4O5S2Si/c1-29(2,3)44(5,6)41-15-14-36(43(4,39)40)18-9-7-17(8-10-18)24-21(28(37)38)25(19-11-12-20(31)23(32)22(19)30)35-26(34-24)27-33-13-16-42-27/h11-13,16-18,25H,7-10,14-15H2,1-6H3,(H,34,35)(H,37,38). The Hall–Kier alpha value is -2.23. The Labute approximate surface area is 267 Å². The Bertz CT molecular complexity index is 1550. The number of carbonyl (C=O) groups is 1. The van der Waals surface area contributed by atoms with Crippen molar-refractivity contribution in [3.05, 3.63) is 62.2 Å². The van der Waals surface area contributed by atoms with E-state index in [1.165, 1.54) is 28.0 Å². The highest BCUT2D eigenvalue weighted by molar-refractivity contribution is 7.88. The van der Waals surface area contributed by atoms with Crippen molar-refractivity contribution in [2.45, 2.75) is 76.7 Å². The summed E-state index contributed by atoms with van der Waals surface area (Å²) in [5.74, 6) is -3.70. The molecule has 1 unspecified atom stereocenters. The summed E-state index contributed by atoms with van der Waals surface area (Å²) in [6.45, 7) is 11.2. The number of aromatic nitrogens is 1. The molecule has 1 aliphatic carbocycles. The van der Waals surface area contributed by atoms with Gasteiger partial charge < -0.3 is 14.8 Å². The van der Waals surface area contributed by atoms with Gasteiger partial charge in [0.2, 0.25) is 10.0 Å². The summed E-state index contributed by atoms with van der Waals surface area (Å²) in [5.41, 5.74) is 0.285. The van der Waals surface area contributed by atoms with Crippen molar-refractivity contribution in [1.29, 1.82) is 0 Å². The Morgan fingerprint density at radius 3 is 2.43 bits per heavy atom. The van der Waals surface area contributed by atoms with E-state index in [1.54, 1.807) is 11.6 Å². The number of hydrogen-bond donors (Lipinski definition) is 2. The smallest absolute Gasteiger partial charge is 0.335 e. The van der Waals surface area contributed by atoms with Gasteiger partial charge in [0.1, 0.15) is 6.04 Å². The molecule has 0 bridgehead atoms. The molecule has 44 heavy (non-hydrogen) atoms. The van der Waals surface area contributed by atoms with Gasteiger partial charge in [0.15, 0.2) is 30.8 Å². The zero-order valence-electron chi connectivity index (χ0n) is 25.7. The van der Waals surface area contributed by atoms with Gasteiger partial charge in [0.25, 0.3) is 0 Å². The number of sulfonamides is 1. The maximum absolute atomic E-state index is 14.5. The van der Waals surface area contributed by atoms with Crippen molar-refractivity contribution in [2.24, 2.45) is 10.9 Å². The number of thiazole rings is 1. The summed E-state index contributed by atoms with van der Waals surface area (Å²) in [4.78, 5) is 21.6. The largest absolute Gasteiger partial charge is 0.478 e. The maximum Gasteiger partial charge on any atom is 0.335 e. The summed E-state index contributed by atoms with van der Waals surface area (Å²) < 4.78 is 61.9. The van der Waals surface area contributed by atoms with Crippen molar-refractivity contribution in [3.63, 3.8) is 0 Å². The van der Waals surface area contributed by atoms with Crippen molar-refractivity contribution in [1.82, 2.24) is 14.6 Å². The average molecular weight is 689 g/mol. The number of nitrogens with one attached hydrogen (secondary N) is 1. The van der Waals surface area contributed by atoms with Crippen LogP contribution in [-0.4, -0.2) is 68.4 Å². The van der Waals surface area contributed by atoms with Crippen molar-refractivity contribution in [2.75, 3.05) is 19.4 Å². The first-order valence-corrected chi connectivity index (χ1v) is 20.4. The first kappa shape index (κ1) is 34.6. The molecular weight excluding hydrogens is 650 g/mol. The lowest BCUT2D eigenvalue weighted by Crippen LogP contribution is -2.47. The number of hydrogen-bond acceptors (Lipinski definition) is 8. The van der Waals surface area contributed by atoms with Crippen LogP contribution in [0.25, 0.3) is 0 Å². The number of aliphatic imine (C=N–C) groups is 1. The van der Waals surface area contributed by atoms with Gasteiger partial charge in [-0.3, -0.25) is 4.99 Å². The van der Waals surface area contributed by atoms with Gasteiger partial charge in [-0.15, -0.1) is 11.3 Å². The molecule has 1 atom stereocenters. The Balaban J connectivity index is 1.62. The average Bonchev–Trinajstić information content (AvgIpc) is 3.47. The summed E-state index contributed by atoms with van der Waals surface area (Å²) in [6.07, 6.45) is 4.75. The van der Waals surface area contributed by atoms with Gasteiger partial charge in [-0.05, 0) is 55.8 Å². The number of benzene rings is 1.